The van der Waals surface area contributed by atoms with E-state index in [0.29, 0.717) is 17.5 Å². The second-order valence-corrected chi connectivity index (χ2v) is 16.6. The van der Waals surface area contributed by atoms with Gasteiger partial charge in [-0.15, -0.1) is 0 Å². The van der Waals surface area contributed by atoms with Crippen LogP contribution in [0.4, 0.5) is 0 Å². The van der Waals surface area contributed by atoms with E-state index in [2.05, 4.69) is 152 Å². The van der Waals surface area contributed by atoms with Gasteiger partial charge in [-0.05, 0) is 86.0 Å². The predicted molar refractivity (Wildman–Crippen MR) is 252 cm³/mol. The Bertz CT molecular complexity index is 3690. The average Bonchev–Trinajstić information content (AvgIpc) is 4.00. The van der Waals surface area contributed by atoms with Gasteiger partial charge in [0.25, 0.3) is 0 Å². The monoisotopic (exact) mass is 803 g/mol. The Morgan fingerprint density at radius 3 is 1.19 bits per heavy atom. The fraction of sp³-hybridized carbons (Fsp3) is 0.0172. The molecule has 0 N–H and O–H groups in total. The van der Waals surface area contributed by atoms with Gasteiger partial charge < -0.3 is 8.83 Å². The average molecular weight is 804 g/mol. The van der Waals surface area contributed by atoms with Crippen LogP contribution in [0.5, 0.6) is 0 Å². The van der Waals surface area contributed by atoms with E-state index in [9.17, 15) is 0 Å². The van der Waals surface area contributed by atoms with Crippen LogP contribution in [0.25, 0.3) is 111 Å². The van der Waals surface area contributed by atoms with Crippen molar-refractivity contribution in [3.8, 4) is 67.5 Å². The Labute approximate surface area is 361 Å². The summed E-state index contributed by atoms with van der Waals surface area (Å²) in [6.07, 6.45) is 0. The molecule has 2 aliphatic carbocycles. The number of benzene rings is 9. The van der Waals surface area contributed by atoms with Gasteiger partial charge >= 0.3 is 0 Å². The molecule has 0 bridgehead atoms. The van der Waals surface area contributed by atoms with Crippen molar-refractivity contribution in [3.05, 3.63) is 222 Å². The minimum absolute atomic E-state index is 0.520. The number of hydrogen-bond donors (Lipinski definition) is 0. The van der Waals surface area contributed by atoms with Gasteiger partial charge in [0.15, 0.2) is 17.5 Å². The van der Waals surface area contributed by atoms with Crippen LogP contribution in [0.15, 0.2) is 209 Å². The molecular weight excluding hydrogens is 771 g/mol. The number of nitrogens with zero attached hydrogens (tertiary/aromatic N) is 3. The molecule has 5 nitrogen and oxygen atoms in total. The van der Waals surface area contributed by atoms with Gasteiger partial charge in [-0.2, -0.15) is 0 Å². The molecule has 292 valence electrons. The van der Waals surface area contributed by atoms with Gasteiger partial charge in [-0.25, -0.2) is 15.0 Å². The highest BCUT2D eigenvalue weighted by molar-refractivity contribution is 6.10. The highest BCUT2D eigenvalue weighted by Gasteiger charge is 2.49. The molecule has 0 radical (unpaired) electrons. The summed E-state index contributed by atoms with van der Waals surface area (Å²) in [7, 11) is 0. The lowest BCUT2D eigenvalue weighted by atomic mass is 9.66. The van der Waals surface area contributed by atoms with E-state index in [1.807, 2.05) is 48.5 Å². The number of para-hydroxylation sites is 4. The van der Waals surface area contributed by atoms with Crippen molar-refractivity contribution in [3.63, 3.8) is 0 Å². The van der Waals surface area contributed by atoms with Gasteiger partial charge in [-0.3, -0.25) is 0 Å². The lowest BCUT2D eigenvalue weighted by Gasteiger charge is -2.35. The first-order valence-electron chi connectivity index (χ1n) is 21.3. The summed E-state index contributed by atoms with van der Waals surface area (Å²) in [5, 5.41) is 4.11. The zero-order chi connectivity index (χ0) is 41.2. The number of rotatable bonds is 3. The highest BCUT2D eigenvalue weighted by Crippen LogP contribution is 2.61. The third kappa shape index (κ3) is 4.68. The van der Waals surface area contributed by atoms with Crippen molar-refractivity contribution in [2.24, 2.45) is 0 Å². The van der Waals surface area contributed by atoms with Crippen LogP contribution in [0.1, 0.15) is 22.3 Å². The first-order valence-corrected chi connectivity index (χ1v) is 21.3. The van der Waals surface area contributed by atoms with E-state index < -0.39 is 5.41 Å². The second kappa shape index (κ2) is 12.8. The molecule has 5 heteroatoms. The molecule has 1 spiro atoms. The maximum Gasteiger partial charge on any atom is 0.167 e. The van der Waals surface area contributed by atoms with Gasteiger partial charge in [0.2, 0.25) is 0 Å². The zero-order valence-electron chi connectivity index (χ0n) is 33.7. The third-order valence-corrected chi connectivity index (χ3v) is 13.4. The van der Waals surface area contributed by atoms with E-state index in [1.165, 1.54) is 55.6 Å². The molecule has 0 saturated carbocycles. The second-order valence-electron chi connectivity index (χ2n) is 16.6. The molecular formula is C58H33N3O2. The maximum absolute atomic E-state index is 6.60. The van der Waals surface area contributed by atoms with Crippen molar-refractivity contribution >= 4 is 43.9 Å². The molecule has 0 unspecified atom stereocenters. The first kappa shape index (κ1) is 34.3. The Hall–Kier alpha value is -8.41. The van der Waals surface area contributed by atoms with Crippen LogP contribution in [0.2, 0.25) is 0 Å². The number of fused-ring (bicyclic) bond motifs is 18. The molecule has 0 aliphatic heterocycles. The summed E-state index contributed by atoms with van der Waals surface area (Å²) in [6.45, 7) is 0. The molecule has 14 rings (SSSR count). The van der Waals surface area contributed by atoms with Crippen LogP contribution in [0.3, 0.4) is 0 Å². The number of hydrogen-bond acceptors (Lipinski definition) is 5. The zero-order valence-corrected chi connectivity index (χ0v) is 33.7. The summed E-state index contributed by atoms with van der Waals surface area (Å²) in [4.78, 5) is 16.0. The number of furan rings is 2. The van der Waals surface area contributed by atoms with E-state index in [1.54, 1.807) is 0 Å². The Morgan fingerprint density at radius 1 is 0.286 bits per heavy atom. The molecule has 0 fully saturated rings. The fourth-order valence-corrected chi connectivity index (χ4v) is 10.8. The molecule has 63 heavy (non-hydrogen) atoms. The van der Waals surface area contributed by atoms with Gasteiger partial charge in [0, 0.05) is 27.1 Å². The van der Waals surface area contributed by atoms with E-state index in [-0.39, 0.29) is 0 Å². The lowest BCUT2D eigenvalue weighted by molar-refractivity contribution is 0.669. The Morgan fingerprint density at radius 2 is 0.667 bits per heavy atom. The molecule has 0 atom stereocenters. The van der Waals surface area contributed by atoms with Crippen molar-refractivity contribution in [2.75, 3.05) is 0 Å². The lowest BCUT2D eigenvalue weighted by Crippen LogP contribution is -2.29. The Kier molecular flexibility index (Phi) is 6.97. The van der Waals surface area contributed by atoms with Crippen LogP contribution in [0, 0.1) is 0 Å². The summed E-state index contributed by atoms with van der Waals surface area (Å²) < 4.78 is 13.2. The third-order valence-electron chi connectivity index (χ3n) is 13.4. The quantitative estimate of drug-likeness (QED) is 0.178. The first-order chi connectivity index (χ1) is 31.2. The molecule has 9 aromatic carbocycles. The van der Waals surface area contributed by atoms with Crippen LogP contribution in [-0.4, -0.2) is 15.0 Å². The van der Waals surface area contributed by atoms with Crippen LogP contribution >= 0.6 is 0 Å². The summed E-state index contributed by atoms with van der Waals surface area (Å²) in [5.41, 5.74) is 17.2. The molecule has 2 aliphatic rings. The SMILES string of the molecule is c1ccc2c(c1)-c1ccccc1C1(c3ccccc3-2)c2ccccc2-c2ccc(-c3nc(-c4cccc5c4oc4ccccc45)nc(-c4cccc5c4oc4ccccc45)n3)cc21. The van der Waals surface area contributed by atoms with Crippen molar-refractivity contribution in [1.29, 1.82) is 0 Å². The van der Waals surface area contributed by atoms with Gasteiger partial charge in [0.1, 0.15) is 22.3 Å². The van der Waals surface area contributed by atoms with E-state index in [0.717, 1.165) is 60.6 Å². The number of aromatic nitrogens is 3. The smallest absolute Gasteiger partial charge is 0.167 e. The summed E-state index contributed by atoms with van der Waals surface area (Å²) >= 11 is 0. The van der Waals surface area contributed by atoms with Crippen molar-refractivity contribution < 1.29 is 8.83 Å². The van der Waals surface area contributed by atoms with Crippen LogP contribution < -0.4 is 0 Å². The van der Waals surface area contributed by atoms with Crippen molar-refractivity contribution in [2.45, 2.75) is 5.41 Å². The minimum Gasteiger partial charge on any atom is -0.455 e. The van der Waals surface area contributed by atoms with E-state index >= 15 is 0 Å². The maximum atomic E-state index is 6.60. The molecule has 0 amide bonds. The fourth-order valence-electron chi connectivity index (χ4n) is 10.8. The normalized spacial score (nSPS) is 13.2. The molecule has 3 heterocycles. The summed E-state index contributed by atoms with van der Waals surface area (Å²) in [5.74, 6) is 1.60. The van der Waals surface area contributed by atoms with Crippen molar-refractivity contribution in [1.82, 2.24) is 15.0 Å². The molecule has 12 aromatic rings. The highest BCUT2D eigenvalue weighted by atomic mass is 16.3. The van der Waals surface area contributed by atoms with Crippen LogP contribution in [-0.2, 0) is 5.41 Å². The topological polar surface area (TPSA) is 65.0 Å². The van der Waals surface area contributed by atoms with E-state index in [4.69, 9.17) is 23.8 Å². The minimum atomic E-state index is -0.646. The molecule has 0 saturated heterocycles. The summed E-state index contributed by atoms with van der Waals surface area (Å²) in [6, 6.07) is 71.1. The Balaban J connectivity index is 1.07. The largest absolute Gasteiger partial charge is 0.455 e. The van der Waals surface area contributed by atoms with Gasteiger partial charge in [0.05, 0.1) is 16.5 Å². The van der Waals surface area contributed by atoms with Gasteiger partial charge in [-0.1, -0.05) is 170 Å². The molecule has 3 aromatic heterocycles. The standard InChI is InChI=1S/C58H33N3O2/c1-2-16-36-35(15-1)37-17-3-8-26-47(37)58(48-27-9-4-18-38(36)48)49-28-10-5-19-39(49)40-32-31-34(33-50(40)58)55-59-56(45-24-13-22-43-41-20-6-11-29-51(41)62-53(43)45)61-57(60-55)46-25-14-23-44-42-21-7-12-30-52(42)63-54(44)46/h1-33H. The predicted octanol–water partition coefficient (Wildman–Crippen LogP) is 14.7.